The average Bonchev–Trinajstić information content (AvgIpc) is 2.91. The molecule has 3 rings (SSSR count). The highest BCUT2D eigenvalue weighted by atomic mass is 35.5. The maximum absolute atomic E-state index is 12.6. The second-order valence-electron chi connectivity index (χ2n) is 6.47. The summed E-state index contributed by atoms with van der Waals surface area (Å²) in [5.41, 5.74) is -0.335. The lowest BCUT2D eigenvalue weighted by molar-refractivity contribution is -0.274. The van der Waals surface area contributed by atoms with Crippen molar-refractivity contribution in [3.05, 3.63) is 24.3 Å². The summed E-state index contributed by atoms with van der Waals surface area (Å²) in [7, 11) is 0. The molecule has 1 aromatic carbocycles. The molecule has 0 spiro atoms. The second-order valence-corrected chi connectivity index (χ2v) is 6.73. The van der Waals surface area contributed by atoms with Gasteiger partial charge in [-0.25, -0.2) is 0 Å². The number of ether oxygens (including phenoxy) is 1. The van der Waals surface area contributed by atoms with E-state index in [9.17, 15) is 22.8 Å². The molecular weight excluding hydrogens is 361 g/mol. The molecule has 25 heavy (non-hydrogen) atoms. The molecule has 1 aromatic rings. The Balaban J connectivity index is 1.73. The summed E-state index contributed by atoms with van der Waals surface area (Å²) in [6, 6.07) is 4.64. The number of likely N-dealkylation sites (tertiary alicyclic amines) is 1. The Kier molecular flexibility index (Phi) is 4.35. The smallest absolute Gasteiger partial charge is 0.406 e. The first-order valence-corrected chi connectivity index (χ1v) is 8.22. The zero-order valence-corrected chi connectivity index (χ0v) is 14.1. The molecule has 136 valence electrons. The van der Waals surface area contributed by atoms with Crippen molar-refractivity contribution in [2.24, 2.45) is 5.41 Å². The Morgan fingerprint density at radius 2 is 2.08 bits per heavy atom. The predicted molar refractivity (Wildman–Crippen MR) is 84.4 cm³/mol. The number of β-lactam (4-membered cyclic amide) rings is 1. The Morgan fingerprint density at radius 1 is 1.36 bits per heavy atom. The molecular formula is C16H16ClF3N2O3. The van der Waals surface area contributed by atoms with Gasteiger partial charge in [0.15, 0.2) is 0 Å². The Labute approximate surface area is 147 Å². The lowest BCUT2D eigenvalue weighted by Crippen LogP contribution is -2.65. The molecule has 2 fully saturated rings. The van der Waals surface area contributed by atoms with Gasteiger partial charge in [0, 0.05) is 30.7 Å². The number of nitrogens with zero attached hydrogens (tertiary/aromatic N) is 2. The van der Waals surface area contributed by atoms with Crippen LogP contribution < -0.4 is 9.64 Å². The highest BCUT2D eigenvalue weighted by Gasteiger charge is 2.53. The van der Waals surface area contributed by atoms with E-state index in [0.29, 0.717) is 25.2 Å². The fraction of sp³-hybridized carbons (Fsp3) is 0.500. The first-order valence-electron chi connectivity index (χ1n) is 7.69. The molecule has 5 nitrogen and oxygen atoms in total. The third-order valence-electron chi connectivity index (χ3n) is 4.51. The van der Waals surface area contributed by atoms with E-state index in [0.717, 1.165) is 6.07 Å². The number of anilines is 1. The van der Waals surface area contributed by atoms with Crippen molar-refractivity contribution in [2.45, 2.75) is 25.7 Å². The molecule has 2 saturated heterocycles. The molecule has 2 aliphatic heterocycles. The third kappa shape index (κ3) is 3.27. The van der Waals surface area contributed by atoms with Gasteiger partial charge in [-0.1, -0.05) is 6.07 Å². The molecule has 0 N–H and O–H groups in total. The van der Waals surface area contributed by atoms with Crippen LogP contribution in [0.4, 0.5) is 18.9 Å². The Bertz CT molecular complexity index is 712. The number of halogens is 4. The minimum atomic E-state index is -4.80. The molecule has 0 aromatic heterocycles. The molecule has 2 atom stereocenters. The quantitative estimate of drug-likeness (QED) is 0.600. The largest absolute Gasteiger partial charge is 0.573 e. The third-order valence-corrected chi connectivity index (χ3v) is 5.10. The molecule has 0 saturated carbocycles. The second kappa shape index (κ2) is 6.09. The van der Waals surface area contributed by atoms with E-state index in [2.05, 4.69) is 4.74 Å². The fourth-order valence-electron chi connectivity index (χ4n) is 3.18. The summed E-state index contributed by atoms with van der Waals surface area (Å²) < 4.78 is 40.9. The van der Waals surface area contributed by atoms with Crippen LogP contribution in [0.25, 0.3) is 0 Å². The summed E-state index contributed by atoms with van der Waals surface area (Å²) in [4.78, 5) is 27.7. The number of hydrogen-bond donors (Lipinski definition) is 0. The van der Waals surface area contributed by atoms with Crippen LogP contribution in [-0.2, 0) is 9.59 Å². The number of alkyl halides is 4. The van der Waals surface area contributed by atoms with Crippen molar-refractivity contribution >= 4 is 29.1 Å². The van der Waals surface area contributed by atoms with Gasteiger partial charge in [0.1, 0.15) is 11.8 Å². The van der Waals surface area contributed by atoms with Crippen LogP contribution in [0, 0.1) is 5.41 Å². The summed E-state index contributed by atoms with van der Waals surface area (Å²) >= 11 is 5.79. The minimum Gasteiger partial charge on any atom is -0.406 e. The van der Waals surface area contributed by atoms with E-state index >= 15 is 0 Å². The van der Waals surface area contributed by atoms with Gasteiger partial charge in [0.2, 0.25) is 11.8 Å². The topological polar surface area (TPSA) is 49.9 Å². The highest BCUT2D eigenvalue weighted by Crippen LogP contribution is 2.38. The molecule has 0 aliphatic carbocycles. The molecule has 2 aliphatic rings. The van der Waals surface area contributed by atoms with Crippen LogP contribution in [0.3, 0.4) is 0 Å². The minimum absolute atomic E-state index is 0.170. The van der Waals surface area contributed by atoms with E-state index < -0.39 is 23.6 Å². The van der Waals surface area contributed by atoms with Gasteiger partial charge in [0.25, 0.3) is 0 Å². The number of hydrogen-bond acceptors (Lipinski definition) is 3. The molecule has 0 bridgehead atoms. The summed E-state index contributed by atoms with van der Waals surface area (Å²) in [6.45, 7) is 2.46. The van der Waals surface area contributed by atoms with Crippen molar-refractivity contribution < 1.29 is 27.5 Å². The van der Waals surface area contributed by atoms with Crippen molar-refractivity contribution in [1.82, 2.24) is 4.90 Å². The van der Waals surface area contributed by atoms with Crippen LogP contribution in [0.15, 0.2) is 24.3 Å². The van der Waals surface area contributed by atoms with Crippen molar-refractivity contribution in [3.8, 4) is 5.75 Å². The first-order chi connectivity index (χ1) is 11.6. The predicted octanol–water partition coefficient (Wildman–Crippen LogP) is 2.78. The standard InChI is InChI=1S/C16H16ClF3N2O3/c1-15(8-17)9-22(14(15)24)12-5-6-21(13(12)23)10-3-2-4-11(7-10)25-16(18,19)20/h2-4,7,12H,5-6,8-9H2,1H3. The van der Waals surface area contributed by atoms with Gasteiger partial charge in [-0.3, -0.25) is 9.59 Å². The first kappa shape index (κ1) is 17.8. The van der Waals surface area contributed by atoms with Crippen LogP contribution >= 0.6 is 11.6 Å². The monoisotopic (exact) mass is 376 g/mol. The van der Waals surface area contributed by atoms with Crippen molar-refractivity contribution in [3.63, 3.8) is 0 Å². The number of carbonyl (C=O) groups is 2. The molecule has 2 heterocycles. The zero-order valence-electron chi connectivity index (χ0n) is 13.3. The van der Waals surface area contributed by atoms with E-state index in [1.807, 2.05) is 0 Å². The van der Waals surface area contributed by atoms with Gasteiger partial charge in [-0.2, -0.15) is 0 Å². The van der Waals surface area contributed by atoms with Crippen molar-refractivity contribution in [1.29, 1.82) is 0 Å². The van der Waals surface area contributed by atoms with Crippen molar-refractivity contribution in [2.75, 3.05) is 23.9 Å². The van der Waals surface area contributed by atoms with Gasteiger partial charge < -0.3 is 14.5 Å². The number of benzene rings is 1. The van der Waals surface area contributed by atoms with Crippen LogP contribution in [0.1, 0.15) is 13.3 Å². The lowest BCUT2D eigenvalue weighted by Gasteiger charge is -2.48. The zero-order chi connectivity index (χ0) is 18.4. The maximum Gasteiger partial charge on any atom is 0.573 e. The molecule has 2 amide bonds. The van der Waals surface area contributed by atoms with E-state index in [4.69, 9.17) is 11.6 Å². The number of amides is 2. The summed E-state index contributed by atoms with van der Waals surface area (Å²) in [6.07, 6.45) is -4.38. The summed E-state index contributed by atoms with van der Waals surface area (Å²) in [5, 5.41) is 0. The van der Waals surface area contributed by atoms with Gasteiger partial charge in [-0.15, -0.1) is 24.8 Å². The fourth-order valence-corrected chi connectivity index (χ4v) is 3.38. The lowest BCUT2D eigenvalue weighted by atomic mass is 9.81. The van der Waals surface area contributed by atoms with Gasteiger partial charge >= 0.3 is 6.36 Å². The molecule has 0 radical (unpaired) electrons. The molecule has 9 heteroatoms. The van der Waals surface area contributed by atoms with Crippen LogP contribution in [0.5, 0.6) is 5.75 Å². The highest BCUT2D eigenvalue weighted by molar-refractivity contribution is 6.20. The number of carbonyl (C=O) groups excluding carboxylic acids is 2. The van der Waals surface area contributed by atoms with Crippen LogP contribution in [-0.4, -0.2) is 48.1 Å². The maximum atomic E-state index is 12.6. The van der Waals surface area contributed by atoms with E-state index in [1.165, 1.54) is 28.0 Å². The van der Waals surface area contributed by atoms with E-state index in [-0.39, 0.29) is 17.7 Å². The SMILES string of the molecule is CC1(CCl)CN(C2CCN(c3cccc(OC(F)(F)F)c3)C2=O)C1=O. The number of rotatable bonds is 4. The Hall–Kier alpha value is -1.96. The van der Waals surface area contributed by atoms with Gasteiger partial charge in [0.05, 0.1) is 5.41 Å². The average molecular weight is 377 g/mol. The normalized spacial score (nSPS) is 26.8. The van der Waals surface area contributed by atoms with E-state index in [1.54, 1.807) is 6.92 Å². The van der Waals surface area contributed by atoms with Crippen LogP contribution in [0.2, 0.25) is 0 Å². The molecule has 2 unspecified atom stereocenters. The van der Waals surface area contributed by atoms with Gasteiger partial charge in [-0.05, 0) is 25.5 Å². The Morgan fingerprint density at radius 3 is 2.68 bits per heavy atom. The summed E-state index contributed by atoms with van der Waals surface area (Å²) in [5.74, 6) is -0.689.